The summed E-state index contributed by atoms with van der Waals surface area (Å²) in [5.74, 6) is 0.995. The Morgan fingerprint density at radius 2 is 1.77 bits per heavy atom. The number of hydrogen-bond acceptors (Lipinski definition) is 5. The first-order valence-electron chi connectivity index (χ1n) is 11.1. The Morgan fingerprint density at radius 3 is 2.58 bits per heavy atom. The van der Waals surface area contributed by atoms with Gasteiger partial charge in [0.05, 0.1) is 5.56 Å². The third-order valence-electron chi connectivity index (χ3n) is 7.06. The van der Waals surface area contributed by atoms with Crippen molar-refractivity contribution in [2.75, 3.05) is 29.4 Å². The van der Waals surface area contributed by atoms with Crippen LogP contribution in [-0.2, 0) is 13.0 Å². The predicted octanol–water partition coefficient (Wildman–Crippen LogP) is 4.26. The molecule has 1 N–H and O–H groups in total. The maximum absolute atomic E-state index is 9.88. The van der Waals surface area contributed by atoms with Crippen LogP contribution in [0.2, 0.25) is 5.15 Å². The van der Waals surface area contributed by atoms with Crippen LogP contribution in [-0.4, -0.2) is 36.7 Å². The van der Waals surface area contributed by atoms with Crippen LogP contribution in [0.3, 0.4) is 0 Å². The topological polar surface area (TPSA) is 55.2 Å². The van der Waals surface area contributed by atoms with Crippen LogP contribution >= 0.6 is 11.6 Å². The van der Waals surface area contributed by atoms with Gasteiger partial charge >= 0.3 is 0 Å². The minimum atomic E-state index is 0.335. The predicted molar refractivity (Wildman–Crippen MR) is 125 cm³/mol. The molecule has 2 fully saturated rings. The Hall–Kier alpha value is -2.81. The van der Waals surface area contributed by atoms with Crippen molar-refractivity contribution in [1.82, 2.24) is 10.3 Å². The number of anilines is 2. The van der Waals surface area contributed by atoms with E-state index in [1.807, 2.05) is 0 Å². The average molecular weight is 430 g/mol. The third kappa shape index (κ3) is 3.13. The minimum Gasteiger partial charge on any atom is -0.366 e. The van der Waals surface area contributed by atoms with Crippen molar-refractivity contribution >= 4 is 33.9 Å². The quantitative estimate of drug-likeness (QED) is 0.617. The summed E-state index contributed by atoms with van der Waals surface area (Å²) in [6.07, 6.45) is 3.32. The molecule has 0 aliphatic carbocycles. The Morgan fingerprint density at radius 1 is 1.00 bits per heavy atom. The first-order valence-corrected chi connectivity index (χ1v) is 11.4. The molecule has 3 aliphatic rings. The fourth-order valence-electron chi connectivity index (χ4n) is 5.62. The van der Waals surface area contributed by atoms with Gasteiger partial charge in [-0.1, -0.05) is 48.0 Å². The van der Waals surface area contributed by atoms with Crippen molar-refractivity contribution in [3.8, 4) is 6.07 Å². The fraction of sp³-hybridized carbons (Fsp3) is 0.360. The summed E-state index contributed by atoms with van der Waals surface area (Å²) >= 11 is 6.57. The number of rotatable bonds is 2. The van der Waals surface area contributed by atoms with Gasteiger partial charge in [-0.25, -0.2) is 4.98 Å². The molecule has 2 aromatic carbocycles. The highest BCUT2D eigenvalue weighted by atomic mass is 35.5. The van der Waals surface area contributed by atoms with Gasteiger partial charge in [0.2, 0.25) is 0 Å². The van der Waals surface area contributed by atoms with E-state index in [9.17, 15) is 5.26 Å². The van der Waals surface area contributed by atoms with Crippen LogP contribution in [0.1, 0.15) is 29.5 Å². The van der Waals surface area contributed by atoms with Crippen molar-refractivity contribution in [2.24, 2.45) is 0 Å². The summed E-state index contributed by atoms with van der Waals surface area (Å²) in [7, 11) is 0. The molecule has 3 aromatic rings. The van der Waals surface area contributed by atoms with Gasteiger partial charge in [-0.3, -0.25) is 0 Å². The largest absolute Gasteiger partial charge is 0.366 e. The Labute approximate surface area is 187 Å². The van der Waals surface area contributed by atoms with Crippen molar-refractivity contribution in [3.63, 3.8) is 0 Å². The number of piperazine rings is 1. The van der Waals surface area contributed by atoms with E-state index in [2.05, 4.69) is 63.7 Å². The first-order chi connectivity index (χ1) is 15.2. The van der Waals surface area contributed by atoms with Gasteiger partial charge in [-0.05, 0) is 36.3 Å². The van der Waals surface area contributed by atoms with Crippen LogP contribution < -0.4 is 15.1 Å². The van der Waals surface area contributed by atoms with Crippen molar-refractivity contribution in [1.29, 1.82) is 5.26 Å². The lowest BCUT2D eigenvalue weighted by Crippen LogP contribution is -2.52. The van der Waals surface area contributed by atoms with E-state index in [1.165, 1.54) is 34.9 Å². The average Bonchev–Trinajstić information content (AvgIpc) is 3.15. The highest BCUT2D eigenvalue weighted by Gasteiger charge is 2.35. The van der Waals surface area contributed by atoms with Gasteiger partial charge in [0, 0.05) is 54.9 Å². The molecule has 4 heterocycles. The van der Waals surface area contributed by atoms with Crippen molar-refractivity contribution in [3.05, 3.63) is 64.3 Å². The monoisotopic (exact) mass is 429 g/mol. The molecule has 0 saturated carbocycles. The zero-order valence-corrected chi connectivity index (χ0v) is 18.1. The first kappa shape index (κ1) is 18.9. The molecule has 31 heavy (non-hydrogen) atoms. The summed E-state index contributed by atoms with van der Waals surface area (Å²) in [5.41, 5.74) is 3.99. The highest BCUT2D eigenvalue weighted by molar-refractivity contribution is 6.30. The van der Waals surface area contributed by atoms with E-state index in [0.717, 1.165) is 37.4 Å². The molecule has 6 heteroatoms. The van der Waals surface area contributed by atoms with Crippen LogP contribution in [0, 0.1) is 11.3 Å². The SMILES string of the molecule is N#Cc1c(Cl)nc(N2CC3CCC(C2)N3)c2c1CN(c1cccc3ccccc13)CC2. The summed E-state index contributed by atoms with van der Waals surface area (Å²) in [6.45, 7) is 3.51. The van der Waals surface area contributed by atoms with E-state index in [1.54, 1.807) is 0 Å². The van der Waals surface area contributed by atoms with Gasteiger partial charge < -0.3 is 15.1 Å². The second kappa shape index (κ2) is 7.40. The zero-order chi connectivity index (χ0) is 20.9. The number of nitrogens with zero attached hydrogens (tertiary/aromatic N) is 4. The molecule has 2 unspecified atom stereocenters. The summed E-state index contributed by atoms with van der Waals surface area (Å²) < 4.78 is 0. The second-order valence-corrected chi connectivity index (χ2v) is 9.24. The number of nitriles is 1. The van der Waals surface area contributed by atoms with E-state index < -0.39 is 0 Å². The standard InChI is InChI=1S/C25H24ClN5/c26-24-21(12-27)22-15-30(23-7-3-5-16-4-1-2-6-19(16)23)11-10-20(22)25(29-24)31-13-17-8-9-18(14-31)28-17/h1-7,17-18,28H,8-11,13-15H2. The molecule has 6 rings (SSSR count). The molecule has 2 atom stereocenters. The number of aromatic nitrogens is 1. The maximum atomic E-state index is 9.88. The lowest BCUT2D eigenvalue weighted by Gasteiger charge is -2.38. The highest BCUT2D eigenvalue weighted by Crippen LogP contribution is 2.38. The number of hydrogen-bond donors (Lipinski definition) is 1. The van der Waals surface area contributed by atoms with Crippen molar-refractivity contribution < 1.29 is 0 Å². The van der Waals surface area contributed by atoms with Crippen LogP contribution in [0.15, 0.2) is 42.5 Å². The van der Waals surface area contributed by atoms with Gasteiger partial charge in [0.1, 0.15) is 17.0 Å². The van der Waals surface area contributed by atoms with Gasteiger partial charge in [-0.2, -0.15) is 5.26 Å². The number of pyridine rings is 1. The summed E-state index contributed by atoms with van der Waals surface area (Å²) in [6, 6.07) is 18.3. The molecule has 156 valence electrons. The molecule has 0 radical (unpaired) electrons. The molecule has 2 bridgehead atoms. The Kier molecular flexibility index (Phi) is 4.52. The normalized spacial score (nSPS) is 22.5. The van der Waals surface area contributed by atoms with Gasteiger partial charge in [-0.15, -0.1) is 0 Å². The number of benzene rings is 2. The number of halogens is 1. The minimum absolute atomic E-state index is 0.335. The molecular formula is C25H24ClN5. The molecule has 3 aliphatic heterocycles. The molecule has 2 saturated heterocycles. The zero-order valence-electron chi connectivity index (χ0n) is 17.3. The van der Waals surface area contributed by atoms with Crippen molar-refractivity contribution in [2.45, 2.75) is 37.9 Å². The summed E-state index contributed by atoms with van der Waals surface area (Å²) in [4.78, 5) is 9.53. The lowest BCUT2D eigenvalue weighted by molar-refractivity contribution is 0.462. The number of nitrogens with one attached hydrogen (secondary N) is 1. The fourth-order valence-corrected chi connectivity index (χ4v) is 5.85. The third-order valence-corrected chi connectivity index (χ3v) is 7.34. The number of fused-ring (bicyclic) bond motifs is 4. The lowest BCUT2D eigenvalue weighted by atomic mass is 9.95. The van der Waals surface area contributed by atoms with Crippen LogP contribution in [0.5, 0.6) is 0 Å². The smallest absolute Gasteiger partial charge is 0.149 e. The van der Waals surface area contributed by atoms with Crippen LogP contribution in [0.4, 0.5) is 11.5 Å². The Balaban J connectivity index is 1.42. The summed E-state index contributed by atoms with van der Waals surface area (Å²) in [5, 5.41) is 16.4. The molecule has 1 aromatic heterocycles. The van der Waals surface area contributed by atoms with E-state index >= 15 is 0 Å². The second-order valence-electron chi connectivity index (χ2n) is 8.88. The molecular weight excluding hydrogens is 406 g/mol. The molecule has 0 spiro atoms. The van der Waals surface area contributed by atoms with E-state index in [0.29, 0.717) is 29.3 Å². The molecule has 5 nitrogen and oxygen atoms in total. The van der Waals surface area contributed by atoms with Gasteiger partial charge in [0.15, 0.2) is 0 Å². The van der Waals surface area contributed by atoms with Crippen LogP contribution in [0.25, 0.3) is 10.8 Å². The van der Waals surface area contributed by atoms with Gasteiger partial charge in [0.25, 0.3) is 0 Å². The van der Waals surface area contributed by atoms with E-state index in [4.69, 9.17) is 16.6 Å². The van der Waals surface area contributed by atoms with E-state index in [-0.39, 0.29) is 0 Å². The molecule has 0 amide bonds. The Bertz CT molecular complexity index is 1200. The maximum Gasteiger partial charge on any atom is 0.149 e.